The number of anilines is 1. The van der Waals surface area contributed by atoms with E-state index < -0.39 is 15.8 Å². The summed E-state index contributed by atoms with van der Waals surface area (Å²) in [6.45, 7) is 5.77. The SMILES string of the molecule is Cc1cccc(C(C)C)c1NC(=O)CN(C1CCCCC1)S(=O)(=O)c1ccc(F)cc1. The molecule has 1 amide bonds. The van der Waals surface area contributed by atoms with Crippen molar-refractivity contribution in [3.63, 3.8) is 0 Å². The number of nitrogens with one attached hydrogen (secondary N) is 1. The number of carbonyl (C=O) groups excluding carboxylic acids is 1. The lowest BCUT2D eigenvalue weighted by atomic mass is 9.95. The Bertz CT molecular complexity index is 1010. The molecule has 31 heavy (non-hydrogen) atoms. The highest BCUT2D eigenvalue weighted by Gasteiger charge is 2.34. The maximum absolute atomic E-state index is 13.4. The van der Waals surface area contributed by atoms with Gasteiger partial charge in [0, 0.05) is 11.7 Å². The molecule has 1 fully saturated rings. The number of hydrogen-bond acceptors (Lipinski definition) is 3. The molecule has 0 bridgehead atoms. The van der Waals surface area contributed by atoms with Crippen molar-refractivity contribution in [3.05, 3.63) is 59.4 Å². The molecule has 1 saturated carbocycles. The van der Waals surface area contributed by atoms with Crippen molar-refractivity contribution in [2.45, 2.75) is 69.7 Å². The van der Waals surface area contributed by atoms with E-state index in [9.17, 15) is 17.6 Å². The quantitative estimate of drug-likeness (QED) is 0.634. The first-order valence-electron chi connectivity index (χ1n) is 10.9. The number of rotatable bonds is 7. The van der Waals surface area contributed by atoms with Gasteiger partial charge >= 0.3 is 0 Å². The second kappa shape index (κ2) is 9.92. The highest BCUT2D eigenvalue weighted by Crippen LogP contribution is 2.30. The first-order valence-corrected chi connectivity index (χ1v) is 12.3. The fourth-order valence-electron chi connectivity index (χ4n) is 4.18. The van der Waals surface area contributed by atoms with Crippen LogP contribution in [0.5, 0.6) is 0 Å². The van der Waals surface area contributed by atoms with Gasteiger partial charge in [0.1, 0.15) is 5.82 Å². The summed E-state index contributed by atoms with van der Waals surface area (Å²) in [5.74, 6) is -0.651. The topological polar surface area (TPSA) is 66.5 Å². The average molecular weight is 447 g/mol. The Balaban J connectivity index is 1.89. The summed E-state index contributed by atoms with van der Waals surface area (Å²) in [6, 6.07) is 10.4. The van der Waals surface area contributed by atoms with Crippen molar-refractivity contribution in [1.82, 2.24) is 4.31 Å². The van der Waals surface area contributed by atoms with Crippen molar-refractivity contribution in [3.8, 4) is 0 Å². The lowest BCUT2D eigenvalue weighted by Gasteiger charge is -2.33. The molecule has 3 rings (SSSR count). The Morgan fingerprint density at radius 3 is 2.35 bits per heavy atom. The predicted octanol–water partition coefficient (Wildman–Crippen LogP) is 5.22. The monoisotopic (exact) mass is 446 g/mol. The zero-order chi connectivity index (χ0) is 22.6. The number of halogens is 1. The van der Waals surface area contributed by atoms with Gasteiger partial charge in [0.2, 0.25) is 15.9 Å². The zero-order valence-electron chi connectivity index (χ0n) is 18.4. The van der Waals surface area contributed by atoms with E-state index in [1.54, 1.807) is 0 Å². The molecule has 7 heteroatoms. The number of amides is 1. The van der Waals surface area contributed by atoms with E-state index in [4.69, 9.17) is 0 Å². The molecule has 168 valence electrons. The van der Waals surface area contributed by atoms with Gasteiger partial charge < -0.3 is 5.32 Å². The van der Waals surface area contributed by atoms with E-state index in [0.29, 0.717) is 0 Å². The highest BCUT2D eigenvalue weighted by atomic mass is 32.2. The van der Waals surface area contributed by atoms with Gasteiger partial charge in [0.05, 0.1) is 11.4 Å². The second-order valence-electron chi connectivity index (χ2n) is 8.54. The first kappa shape index (κ1) is 23.4. The molecule has 0 heterocycles. The molecule has 5 nitrogen and oxygen atoms in total. The van der Waals surface area contributed by atoms with Crippen LogP contribution in [0.3, 0.4) is 0 Å². The van der Waals surface area contributed by atoms with Gasteiger partial charge in [-0.2, -0.15) is 4.31 Å². The lowest BCUT2D eigenvalue weighted by molar-refractivity contribution is -0.116. The van der Waals surface area contributed by atoms with Crippen molar-refractivity contribution < 1.29 is 17.6 Å². The standard InChI is InChI=1S/C24H31FN2O3S/c1-17(2)22-11-7-8-18(3)24(22)26-23(28)16-27(20-9-5-4-6-10-20)31(29,30)21-14-12-19(25)13-15-21/h7-8,11-15,17,20H,4-6,9-10,16H2,1-3H3,(H,26,28). The molecule has 0 radical (unpaired) electrons. The number of nitrogens with zero attached hydrogens (tertiary/aromatic N) is 1. The Morgan fingerprint density at radius 1 is 1.10 bits per heavy atom. The van der Waals surface area contributed by atoms with Crippen molar-refractivity contribution >= 4 is 21.6 Å². The Morgan fingerprint density at radius 2 is 1.74 bits per heavy atom. The van der Waals surface area contributed by atoms with Crippen LogP contribution < -0.4 is 5.32 Å². The fourth-order valence-corrected chi connectivity index (χ4v) is 5.83. The van der Waals surface area contributed by atoms with Gasteiger partial charge in [-0.3, -0.25) is 4.79 Å². The summed E-state index contributed by atoms with van der Waals surface area (Å²) in [6.07, 6.45) is 4.35. The maximum atomic E-state index is 13.4. The molecule has 0 spiro atoms. The molecule has 0 atom stereocenters. The van der Waals surface area contributed by atoms with Crippen LogP contribution in [0.4, 0.5) is 10.1 Å². The molecule has 1 aliphatic rings. The van der Waals surface area contributed by atoms with Crippen LogP contribution in [0.25, 0.3) is 0 Å². The fraction of sp³-hybridized carbons (Fsp3) is 0.458. The number of sulfonamides is 1. The van der Waals surface area contributed by atoms with E-state index in [1.807, 2.05) is 25.1 Å². The lowest BCUT2D eigenvalue weighted by Crippen LogP contribution is -2.45. The van der Waals surface area contributed by atoms with E-state index in [0.717, 1.165) is 61.1 Å². The van der Waals surface area contributed by atoms with Gasteiger partial charge in [-0.15, -0.1) is 0 Å². The van der Waals surface area contributed by atoms with Gasteiger partial charge in [0.15, 0.2) is 0 Å². The summed E-state index contributed by atoms with van der Waals surface area (Å²) >= 11 is 0. The van der Waals surface area contributed by atoms with Crippen LogP contribution in [0, 0.1) is 12.7 Å². The third-order valence-electron chi connectivity index (χ3n) is 5.89. The summed E-state index contributed by atoms with van der Waals surface area (Å²) in [7, 11) is -3.94. The van der Waals surface area contributed by atoms with E-state index in [1.165, 1.54) is 16.4 Å². The third-order valence-corrected chi connectivity index (χ3v) is 7.81. The summed E-state index contributed by atoms with van der Waals surface area (Å²) in [5.41, 5.74) is 2.69. The van der Waals surface area contributed by atoms with Crippen molar-refractivity contribution in [2.24, 2.45) is 0 Å². The normalized spacial score (nSPS) is 15.4. The molecule has 0 saturated heterocycles. The smallest absolute Gasteiger partial charge is 0.243 e. The summed E-state index contributed by atoms with van der Waals surface area (Å²) < 4.78 is 41.5. The summed E-state index contributed by atoms with van der Waals surface area (Å²) in [5, 5.41) is 2.96. The zero-order valence-corrected chi connectivity index (χ0v) is 19.2. The molecule has 0 aliphatic heterocycles. The Labute approximate surface area is 184 Å². The van der Waals surface area contributed by atoms with Crippen LogP contribution in [0.2, 0.25) is 0 Å². The van der Waals surface area contributed by atoms with Gasteiger partial charge in [0.25, 0.3) is 0 Å². The minimum Gasteiger partial charge on any atom is -0.324 e. The molecule has 0 unspecified atom stereocenters. The van der Waals surface area contributed by atoms with Gasteiger partial charge in [-0.1, -0.05) is 51.3 Å². The molecular weight excluding hydrogens is 415 g/mol. The Kier molecular flexibility index (Phi) is 7.49. The minimum absolute atomic E-state index is 0.00559. The van der Waals surface area contributed by atoms with Crippen LogP contribution >= 0.6 is 0 Å². The van der Waals surface area contributed by atoms with Crippen LogP contribution in [-0.4, -0.2) is 31.2 Å². The van der Waals surface area contributed by atoms with E-state index in [-0.39, 0.29) is 29.3 Å². The number of carbonyl (C=O) groups is 1. The third kappa shape index (κ3) is 5.52. The van der Waals surface area contributed by atoms with Crippen molar-refractivity contribution in [1.29, 1.82) is 0 Å². The molecule has 2 aromatic carbocycles. The first-order chi connectivity index (χ1) is 14.7. The summed E-state index contributed by atoms with van der Waals surface area (Å²) in [4.78, 5) is 13.1. The second-order valence-corrected chi connectivity index (χ2v) is 10.4. The largest absolute Gasteiger partial charge is 0.324 e. The number of para-hydroxylation sites is 1. The molecule has 1 N–H and O–H groups in total. The predicted molar refractivity (Wildman–Crippen MR) is 121 cm³/mol. The minimum atomic E-state index is -3.94. The molecule has 0 aromatic heterocycles. The highest BCUT2D eigenvalue weighted by molar-refractivity contribution is 7.89. The van der Waals surface area contributed by atoms with E-state index >= 15 is 0 Å². The van der Waals surface area contributed by atoms with Gasteiger partial charge in [-0.25, -0.2) is 12.8 Å². The molecule has 1 aliphatic carbocycles. The Hall–Kier alpha value is -2.25. The molecule has 2 aromatic rings. The van der Waals surface area contributed by atoms with Crippen LogP contribution in [0.15, 0.2) is 47.4 Å². The van der Waals surface area contributed by atoms with Crippen LogP contribution in [0.1, 0.15) is 63.0 Å². The van der Waals surface area contributed by atoms with E-state index in [2.05, 4.69) is 19.2 Å². The number of aryl methyl sites for hydroxylation is 1. The van der Waals surface area contributed by atoms with Gasteiger partial charge in [-0.05, 0) is 61.1 Å². The maximum Gasteiger partial charge on any atom is 0.243 e. The number of benzene rings is 2. The average Bonchev–Trinajstić information content (AvgIpc) is 2.74. The van der Waals surface area contributed by atoms with Crippen LogP contribution in [-0.2, 0) is 14.8 Å². The number of hydrogen-bond donors (Lipinski definition) is 1. The van der Waals surface area contributed by atoms with Crippen molar-refractivity contribution in [2.75, 3.05) is 11.9 Å². The molecular formula is C24H31FN2O3S.